The van der Waals surface area contributed by atoms with Crippen LogP contribution in [0.5, 0.6) is 0 Å². The normalized spacial score (nSPS) is 13.4. The quantitative estimate of drug-likeness (QED) is 0.263. The molecule has 0 N–H and O–H groups in total. The number of fused-ring (bicyclic) bond motifs is 2. The summed E-state index contributed by atoms with van der Waals surface area (Å²) in [6.07, 6.45) is 1.52. The molecule has 1 aliphatic carbocycles. The minimum atomic E-state index is -0.395. The fourth-order valence-corrected chi connectivity index (χ4v) is 4.35. The van der Waals surface area contributed by atoms with Gasteiger partial charge in [-0.2, -0.15) is 4.98 Å². The molecule has 142 valence electrons. The SMILES string of the molecule is O=C1C(=Cc2cc3oc(-c4ccc(F)cc4)nc3s2)C(=O)c2cc(Cl)c(Cl)cc21. The molecule has 0 saturated carbocycles. The van der Waals surface area contributed by atoms with Crippen molar-refractivity contribution in [1.82, 2.24) is 4.98 Å². The van der Waals surface area contributed by atoms with Gasteiger partial charge < -0.3 is 4.42 Å². The van der Waals surface area contributed by atoms with E-state index in [2.05, 4.69) is 4.98 Å². The summed E-state index contributed by atoms with van der Waals surface area (Å²) in [4.78, 5) is 30.9. The van der Waals surface area contributed by atoms with Crippen molar-refractivity contribution in [2.75, 3.05) is 0 Å². The summed E-state index contributed by atoms with van der Waals surface area (Å²) in [5, 5.41) is 0.443. The molecule has 0 spiro atoms. The number of nitrogens with zero attached hydrogens (tertiary/aromatic N) is 1. The minimum absolute atomic E-state index is 0.0426. The van der Waals surface area contributed by atoms with Crippen LogP contribution in [0.1, 0.15) is 25.6 Å². The zero-order chi connectivity index (χ0) is 20.3. The maximum Gasteiger partial charge on any atom is 0.228 e. The van der Waals surface area contributed by atoms with Gasteiger partial charge in [0.2, 0.25) is 5.89 Å². The lowest BCUT2D eigenvalue weighted by molar-refractivity contribution is 0.0990. The zero-order valence-electron chi connectivity index (χ0n) is 14.3. The minimum Gasteiger partial charge on any atom is -0.435 e. The fourth-order valence-electron chi connectivity index (χ4n) is 3.13. The monoisotopic (exact) mass is 443 g/mol. The van der Waals surface area contributed by atoms with Crippen LogP contribution in [0, 0.1) is 5.82 Å². The summed E-state index contributed by atoms with van der Waals surface area (Å²) in [6, 6.07) is 10.4. The number of aromatic nitrogens is 1. The average molecular weight is 444 g/mol. The van der Waals surface area contributed by atoms with Gasteiger partial charge in [-0.25, -0.2) is 4.39 Å². The van der Waals surface area contributed by atoms with Crippen molar-refractivity contribution < 1.29 is 18.4 Å². The van der Waals surface area contributed by atoms with Gasteiger partial charge in [-0.1, -0.05) is 23.2 Å². The van der Waals surface area contributed by atoms with E-state index in [0.29, 0.717) is 26.7 Å². The molecule has 0 aliphatic heterocycles. The van der Waals surface area contributed by atoms with Gasteiger partial charge in [0.1, 0.15) is 5.82 Å². The Labute approximate surface area is 177 Å². The standard InChI is InChI=1S/C21H8Cl2FNO3S/c22-15-7-12-13(8-16(15)23)19(27)14(18(12)26)5-11-6-17-21(29-11)25-20(28-17)9-1-3-10(24)4-2-9/h1-8H. The summed E-state index contributed by atoms with van der Waals surface area (Å²) >= 11 is 13.2. The van der Waals surface area contributed by atoms with Crippen LogP contribution in [-0.2, 0) is 0 Å². The highest BCUT2D eigenvalue weighted by molar-refractivity contribution is 7.19. The second kappa shape index (κ2) is 6.62. The summed E-state index contributed by atoms with van der Waals surface area (Å²) in [5.41, 5.74) is 1.70. The third kappa shape index (κ3) is 3.00. The third-order valence-corrected chi connectivity index (χ3v) is 6.20. The number of thiophene rings is 1. The largest absolute Gasteiger partial charge is 0.435 e. The number of hydrogen-bond donors (Lipinski definition) is 0. The topological polar surface area (TPSA) is 60.2 Å². The number of Topliss-reactive ketones (excluding diaryl/α,β-unsaturated/α-hetero) is 2. The molecule has 2 aromatic heterocycles. The summed E-state index contributed by atoms with van der Waals surface area (Å²) in [5.74, 6) is -0.761. The molecule has 0 fully saturated rings. The number of halogens is 3. The number of oxazole rings is 1. The van der Waals surface area contributed by atoms with Crippen molar-refractivity contribution in [2.45, 2.75) is 0 Å². The third-order valence-electron chi connectivity index (χ3n) is 4.53. The Morgan fingerprint density at radius 3 is 2.17 bits per heavy atom. The molecule has 0 bridgehead atoms. The fraction of sp³-hybridized carbons (Fsp3) is 0. The molecular formula is C21H8Cl2FNO3S. The second-order valence-electron chi connectivity index (χ2n) is 6.37. The Morgan fingerprint density at radius 2 is 1.59 bits per heavy atom. The Balaban J connectivity index is 1.51. The highest BCUT2D eigenvalue weighted by Crippen LogP contribution is 2.36. The van der Waals surface area contributed by atoms with Crippen molar-refractivity contribution in [3.05, 3.63) is 79.9 Å². The van der Waals surface area contributed by atoms with Crippen LogP contribution in [0.15, 0.2) is 52.5 Å². The van der Waals surface area contributed by atoms with Crippen LogP contribution in [0.2, 0.25) is 10.0 Å². The highest BCUT2D eigenvalue weighted by Gasteiger charge is 2.34. The smallest absolute Gasteiger partial charge is 0.228 e. The van der Waals surface area contributed by atoms with Crippen LogP contribution in [0.25, 0.3) is 27.9 Å². The van der Waals surface area contributed by atoms with E-state index in [9.17, 15) is 14.0 Å². The predicted octanol–water partition coefficient (Wildman–Crippen LogP) is 6.46. The van der Waals surface area contributed by atoms with Gasteiger partial charge in [0.25, 0.3) is 0 Å². The molecule has 1 aliphatic rings. The number of hydrogen-bond acceptors (Lipinski definition) is 5. The van der Waals surface area contributed by atoms with Gasteiger partial charge in [-0.05, 0) is 42.5 Å². The van der Waals surface area contributed by atoms with E-state index in [1.54, 1.807) is 18.2 Å². The van der Waals surface area contributed by atoms with Crippen molar-refractivity contribution in [3.8, 4) is 11.5 Å². The molecule has 0 unspecified atom stereocenters. The zero-order valence-corrected chi connectivity index (χ0v) is 16.7. The van der Waals surface area contributed by atoms with Crippen LogP contribution in [0.3, 0.4) is 0 Å². The Kier molecular flexibility index (Phi) is 4.17. The lowest BCUT2D eigenvalue weighted by atomic mass is 10.1. The van der Waals surface area contributed by atoms with E-state index in [0.717, 1.165) is 0 Å². The molecule has 4 aromatic rings. The van der Waals surface area contributed by atoms with Gasteiger partial charge in [-0.3, -0.25) is 9.59 Å². The van der Waals surface area contributed by atoms with Crippen LogP contribution < -0.4 is 0 Å². The molecule has 2 heterocycles. The number of rotatable bonds is 2. The molecule has 8 heteroatoms. The van der Waals surface area contributed by atoms with Crippen molar-refractivity contribution in [2.24, 2.45) is 0 Å². The molecule has 0 radical (unpaired) electrons. The molecular weight excluding hydrogens is 436 g/mol. The highest BCUT2D eigenvalue weighted by atomic mass is 35.5. The number of benzene rings is 2. The van der Waals surface area contributed by atoms with Gasteiger partial charge >= 0.3 is 0 Å². The Bertz CT molecular complexity index is 1290. The lowest BCUT2D eigenvalue weighted by Crippen LogP contribution is -1.99. The maximum atomic E-state index is 13.1. The van der Waals surface area contributed by atoms with E-state index in [-0.39, 0.29) is 32.6 Å². The maximum absolute atomic E-state index is 13.1. The first-order valence-corrected chi connectivity index (χ1v) is 9.94. The second-order valence-corrected chi connectivity index (χ2v) is 8.25. The molecule has 2 aromatic carbocycles. The molecule has 0 amide bonds. The van der Waals surface area contributed by atoms with Crippen LogP contribution in [0.4, 0.5) is 4.39 Å². The van der Waals surface area contributed by atoms with Gasteiger partial charge in [0.05, 0.1) is 15.6 Å². The summed E-state index contributed by atoms with van der Waals surface area (Å²) < 4.78 is 18.8. The van der Waals surface area contributed by atoms with Crippen molar-refractivity contribution in [1.29, 1.82) is 0 Å². The Hall–Kier alpha value is -2.80. The first-order valence-electron chi connectivity index (χ1n) is 8.37. The van der Waals surface area contributed by atoms with E-state index in [1.165, 1.54) is 41.7 Å². The number of carbonyl (C=O) groups excluding carboxylic acids is 2. The summed E-state index contributed by atoms with van der Waals surface area (Å²) in [6.45, 7) is 0. The van der Waals surface area contributed by atoms with Gasteiger partial charge in [0.15, 0.2) is 22.0 Å². The molecule has 5 rings (SSSR count). The Morgan fingerprint density at radius 1 is 0.966 bits per heavy atom. The van der Waals surface area contributed by atoms with Crippen molar-refractivity contribution in [3.63, 3.8) is 0 Å². The van der Waals surface area contributed by atoms with E-state index in [4.69, 9.17) is 27.6 Å². The predicted molar refractivity (Wildman–Crippen MR) is 110 cm³/mol. The lowest BCUT2D eigenvalue weighted by Gasteiger charge is -1.98. The van der Waals surface area contributed by atoms with Gasteiger partial charge in [-0.15, -0.1) is 11.3 Å². The molecule has 0 saturated heterocycles. The first kappa shape index (κ1) is 18.2. The molecule has 0 atom stereocenters. The number of ketones is 2. The summed E-state index contributed by atoms with van der Waals surface area (Å²) in [7, 11) is 0. The van der Waals surface area contributed by atoms with Crippen LogP contribution >= 0.6 is 34.5 Å². The molecule has 29 heavy (non-hydrogen) atoms. The van der Waals surface area contributed by atoms with E-state index in [1.807, 2.05) is 0 Å². The molecule has 4 nitrogen and oxygen atoms in total. The number of allylic oxidation sites excluding steroid dienone is 1. The first-order chi connectivity index (χ1) is 13.9. The van der Waals surface area contributed by atoms with E-state index < -0.39 is 11.6 Å². The van der Waals surface area contributed by atoms with Crippen LogP contribution in [-0.4, -0.2) is 16.6 Å². The van der Waals surface area contributed by atoms with Crippen molar-refractivity contribution >= 4 is 62.6 Å². The van der Waals surface area contributed by atoms with Gasteiger partial charge in [0, 0.05) is 27.6 Å². The van der Waals surface area contributed by atoms with E-state index >= 15 is 0 Å². The average Bonchev–Trinajstić information content (AvgIpc) is 3.31. The number of carbonyl (C=O) groups is 2.